The molecule has 0 fully saturated rings. The van der Waals surface area contributed by atoms with Crippen LogP contribution in [-0.2, 0) is 0 Å². The van der Waals surface area contributed by atoms with Crippen LogP contribution in [0.3, 0.4) is 0 Å². The molecule has 1 aromatic carbocycles. The number of carbonyl (C=O) groups excluding carboxylic acids is 1. The monoisotopic (exact) mass is 289 g/mol. The number of carbonyl (C=O) groups is 1. The molecule has 0 aliphatic rings. The van der Waals surface area contributed by atoms with E-state index in [-0.39, 0.29) is 6.04 Å². The largest absolute Gasteiger partial charge is 0.397 e. The molecule has 0 aliphatic carbocycles. The fourth-order valence-corrected chi connectivity index (χ4v) is 2.90. The van der Waals surface area contributed by atoms with Crippen LogP contribution in [-0.4, -0.2) is 5.91 Å². The lowest BCUT2D eigenvalue weighted by atomic mass is 10.1. The Bertz CT molecular complexity index is 581. The number of amides is 1. The average Bonchev–Trinajstić information content (AvgIpc) is 2.94. The van der Waals surface area contributed by atoms with Gasteiger partial charge in [0.15, 0.2) is 0 Å². The Hall–Kier alpha value is -2.01. The highest BCUT2D eigenvalue weighted by molar-refractivity contribution is 7.10. The summed E-state index contributed by atoms with van der Waals surface area (Å²) in [5.74, 6) is -0.448. The van der Waals surface area contributed by atoms with Crippen molar-refractivity contribution < 1.29 is 4.79 Å². The number of nitrogen functional groups attached to an aromatic ring is 1. The standard InChI is InChI=1S/C15H19N3OS/c1-2-4-12(14-5-3-8-20-14)18-13-9-10(15(17)19)6-7-11(13)16/h3,5-9,12,18H,2,4,16H2,1H3,(H2,17,19). The first-order valence-electron chi connectivity index (χ1n) is 6.61. The number of nitrogens with two attached hydrogens (primary N) is 2. The summed E-state index contributed by atoms with van der Waals surface area (Å²) in [7, 11) is 0. The molecule has 1 aromatic heterocycles. The summed E-state index contributed by atoms with van der Waals surface area (Å²) < 4.78 is 0. The zero-order valence-corrected chi connectivity index (χ0v) is 12.2. The number of anilines is 2. The Kier molecular flexibility index (Phi) is 4.63. The zero-order chi connectivity index (χ0) is 14.5. The summed E-state index contributed by atoms with van der Waals surface area (Å²) in [4.78, 5) is 12.5. The van der Waals surface area contributed by atoms with Crippen molar-refractivity contribution in [1.82, 2.24) is 0 Å². The lowest BCUT2D eigenvalue weighted by Gasteiger charge is -2.19. The number of primary amides is 1. The van der Waals surface area contributed by atoms with Crippen LogP contribution in [0, 0.1) is 0 Å². The fraction of sp³-hybridized carbons (Fsp3) is 0.267. The van der Waals surface area contributed by atoms with Gasteiger partial charge in [0.1, 0.15) is 0 Å². The Morgan fingerprint density at radius 1 is 1.40 bits per heavy atom. The smallest absolute Gasteiger partial charge is 0.248 e. The molecule has 1 unspecified atom stereocenters. The van der Waals surface area contributed by atoms with Crippen LogP contribution >= 0.6 is 11.3 Å². The van der Waals surface area contributed by atoms with E-state index in [0.717, 1.165) is 18.5 Å². The fourth-order valence-electron chi connectivity index (χ4n) is 2.09. The second-order valence-electron chi connectivity index (χ2n) is 4.67. The van der Waals surface area contributed by atoms with Crippen molar-refractivity contribution in [1.29, 1.82) is 0 Å². The van der Waals surface area contributed by atoms with Gasteiger partial charge in [0.2, 0.25) is 5.91 Å². The first kappa shape index (κ1) is 14.4. The minimum Gasteiger partial charge on any atom is -0.397 e. The molecule has 0 aliphatic heterocycles. The summed E-state index contributed by atoms with van der Waals surface area (Å²) in [5, 5.41) is 5.48. The van der Waals surface area contributed by atoms with Gasteiger partial charge in [0, 0.05) is 10.4 Å². The Balaban J connectivity index is 2.26. The van der Waals surface area contributed by atoms with Crippen LogP contribution in [0.5, 0.6) is 0 Å². The van der Waals surface area contributed by atoms with E-state index in [2.05, 4.69) is 23.7 Å². The Morgan fingerprint density at radius 3 is 2.80 bits per heavy atom. The summed E-state index contributed by atoms with van der Waals surface area (Å²) in [6, 6.07) is 9.40. The molecule has 0 spiro atoms. The van der Waals surface area contributed by atoms with Gasteiger partial charge in [0.25, 0.3) is 0 Å². The first-order valence-corrected chi connectivity index (χ1v) is 7.49. The number of rotatable bonds is 6. The maximum absolute atomic E-state index is 11.3. The number of hydrogen-bond acceptors (Lipinski definition) is 4. The van der Waals surface area contributed by atoms with Gasteiger partial charge >= 0.3 is 0 Å². The van der Waals surface area contributed by atoms with Gasteiger partial charge < -0.3 is 16.8 Å². The average molecular weight is 289 g/mol. The third kappa shape index (κ3) is 3.30. The maximum atomic E-state index is 11.3. The number of nitrogens with one attached hydrogen (secondary N) is 1. The van der Waals surface area contributed by atoms with Crippen LogP contribution in [0.1, 0.15) is 41.0 Å². The van der Waals surface area contributed by atoms with Crippen molar-refractivity contribution in [2.75, 3.05) is 11.1 Å². The Labute approximate surface area is 122 Å². The second kappa shape index (κ2) is 6.43. The summed E-state index contributed by atoms with van der Waals surface area (Å²) in [6.45, 7) is 2.14. The van der Waals surface area contributed by atoms with E-state index in [4.69, 9.17) is 11.5 Å². The molecule has 2 aromatic rings. The molecule has 1 amide bonds. The van der Waals surface area contributed by atoms with Crippen LogP contribution < -0.4 is 16.8 Å². The van der Waals surface area contributed by atoms with Crippen LogP contribution in [0.4, 0.5) is 11.4 Å². The molecule has 1 heterocycles. The first-order chi connectivity index (χ1) is 9.61. The van der Waals surface area contributed by atoms with Crippen molar-refractivity contribution in [2.45, 2.75) is 25.8 Å². The van der Waals surface area contributed by atoms with Crippen molar-refractivity contribution in [3.8, 4) is 0 Å². The lowest BCUT2D eigenvalue weighted by Crippen LogP contribution is -2.14. The van der Waals surface area contributed by atoms with Gasteiger partial charge in [-0.05, 0) is 36.1 Å². The van der Waals surface area contributed by atoms with Gasteiger partial charge in [-0.1, -0.05) is 19.4 Å². The SMILES string of the molecule is CCCC(Nc1cc(C(N)=O)ccc1N)c1cccs1. The Morgan fingerprint density at radius 2 is 2.20 bits per heavy atom. The van der Waals surface area contributed by atoms with E-state index in [9.17, 15) is 4.79 Å². The molecule has 5 heteroatoms. The lowest BCUT2D eigenvalue weighted by molar-refractivity contribution is 0.100. The molecule has 2 rings (SSSR count). The van der Waals surface area contributed by atoms with E-state index in [1.54, 1.807) is 29.5 Å². The predicted molar refractivity (Wildman–Crippen MR) is 85.0 cm³/mol. The zero-order valence-electron chi connectivity index (χ0n) is 11.4. The van der Waals surface area contributed by atoms with Gasteiger partial charge in [-0.2, -0.15) is 0 Å². The molecule has 5 N–H and O–H groups in total. The van der Waals surface area contributed by atoms with E-state index >= 15 is 0 Å². The third-order valence-electron chi connectivity index (χ3n) is 3.13. The minimum absolute atomic E-state index is 0.199. The van der Waals surface area contributed by atoms with Crippen LogP contribution in [0.15, 0.2) is 35.7 Å². The predicted octanol–water partition coefficient (Wildman–Crippen LogP) is 3.38. The van der Waals surface area contributed by atoms with Crippen molar-refractivity contribution in [3.05, 3.63) is 46.2 Å². The van der Waals surface area contributed by atoms with Gasteiger partial charge in [-0.25, -0.2) is 0 Å². The highest BCUT2D eigenvalue weighted by Crippen LogP contribution is 2.30. The summed E-state index contributed by atoms with van der Waals surface area (Å²) in [5.41, 5.74) is 13.1. The highest BCUT2D eigenvalue weighted by Gasteiger charge is 2.14. The van der Waals surface area contributed by atoms with E-state index in [1.165, 1.54) is 4.88 Å². The topological polar surface area (TPSA) is 81.1 Å². The number of benzene rings is 1. The molecule has 0 radical (unpaired) electrons. The molecule has 0 saturated heterocycles. The van der Waals surface area contributed by atoms with E-state index < -0.39 is 5.91 Å². The normalized spacial score (nSPS) is 12.1. The van der Waals surface area contributed by atoms with Crippen molar-refractivity contribution >= 4 is 28.6 Å². The molecule has 20 heavy (non-hydrogen) atoms. The molecule has 1 atom stereocenters. The summed E-state index contributed by atoms with van der Waals surface area (Å²) in [6.07, 6.45) is 2.06. The molecule has 0 bridgehead atoms. The van der Waals surface area contributed by atoms with Gasteiger partial charge in [-0.3, -0.25) is 4.79 Å². The molecule has 0 saturated carbocycles. The quantitative estimate of drug-likeness (QED) is 0.713. The van der Waals surface area contributed by atoms with E-state index in [1.807, 2.05) is 6.07 Å². The maximum Gasteiger partial charge on any atom is 0.248 e. The van der Waals surface area contributed by atoms with Crippen LogP contribution in [0.2, 0.25) is 0 Å². The number of hydrogen-bond donors (Lipinski definition) is 3. The van der Waals surface area contributed by atoms with E-state index in [0.29, 0.717) is 11.3 Å². The van der Waals surface area contributed by atoms with Gasteiger partial charge in [0.05, 0.1) is 17.4 Å². The van der Waals surface area contributed by atoms with Crippen LogP contribution in [0.25, 0.3) is 0 Å². The minimum atomic E-state index is -0.448. The highest BCUT2D eigenvalue weighted by atomic mass is 32.1. The van der Waals surface area contributed by atoms with Crippen molar-refractivity contribution in [3.63, 3.8) is 0 Å². The molecular formula is C15H19N3OS. The van der Waals surface area contributed by atoms with Crippen molar-refractivity contribution in [2.24, 2.45) is 5.73 Å². The summed E-state index contributed by atoms with van der Waals surface area (Å²) >= 11 is 1.71. The molecular weight excluding hydrogens is 270 g/mol. The second-order valence-corrected chi connectivity index (χ2v) is 5.65. The van der Waals surface area contributed by atoms with Gasteiger partial charge in [-0.15, -0.1) is 11.3 Å². The molecule has 106 valence electrons. The number of thiophene rings is 1. The third-order valence-corrected chi connectivity index (χ3v) is 4.12. The molecule has 4 nitrogen and oxygen atoms in total.